The number of rotatable bonds is 9. The molecule has 0 bridgehead atoms. The van der Waals surface area contributed by atoms with E-state index in [0.29, 0.717) is 31.1 Å². The number of primary amides is 1. The van der Waals surface area contributed by atoms with Crippen LogP contribution in [0.15, 0.2) is 18.3 Å². The van der Waals surface area contributed by atoms with E-state index in [-0.39, 0.29) is 11.6 Å². The van der Waals surface area contributed by atoms with E-state index in [2.05, 4.69) is 39.4 Å². The molecule has 8 heteroatoms. The molecule has 0 saturated heterocycles. The number of anilines is 2. The summed E-state index contributed by atoms with van der Waals surface area (Å²) >= 11 is 0. The van der Waals surface area contributed by atoms with Gasteiger partial charge in [0.2, 0.25) is 5.91 Å². The number of nitrogens with one attached hydrogen (secondary N) is 2. The van der Waals surface area contributed by atoms with Crippen LogP contribution in [0.25, 0.3) is 0 Å². The number of aryl methyl sites for hydroxylation is 1. The molecule has 0 radical (unpaired) electrons. The number of amides is 2. The van der Waals surface area contributed by atoms with Gasteiger partial charge in [0.1, 0.15) is 0 Å². The number of carbonyl (C=O) groups is 2. The van der Waals surface area contributed by atoms with Crippen LogP contribution in [0.4, 0.5) is 11.5 Å². The Bertz CT molecular complexity index is 851. The van der Waals surface area contributed by atoms with Crippen molar-refractivity contribution in [3.8, 4) is 0 Å². The quantitative estimate of drug-likeness (QED) is 0.609. The fourth-order valence-corrected chi connectivity index (χ4v) is 2.79. The van der Waals surface area contributed by atoms with E-state index in [4.69, 9.17) is 5.73 Å². The van der Waals surface area contributed by atoms with Crippen molar-refractivity contribution in [2.45, 2.75) is 47.0 Å². The maximum Gasteiger partial charge on any atom is 0.271 e. The zero-order valence-electron chi connectivity index (χ0n) is 16.9. The molecule has 0 aliphatic rings. The van der Waals surface area contributed by atoms with Crippen LogP contribution in [-0.4, -0.2) is 33.3 Å². The number of nitrogens with two attached hydrogens (primary N) is 1. The SMILES string of the molecule is CCc1nc(C(N)=O)c(Nc2ccnc(CCNC(C)=O)c2)nc1CC(C)C. The lowest BCUT2D eigenvalue weighted by atomic mass is 10.0. The number of hydrogen-bond donors (Lipinski definition) is 3. The van der Waals surface area contributed by atoms with Gasteiger partial charge in [-0.05, 0) is 30.9 Å². The number of carbonyl (C=O) groups excluding carboxylic acids is 2. The standard InChI is InChI=1S/C20H28N6O2/c1-5-16-17(10-12(2)3)26-20(18(25-16)19(21)28)24-15-7-9-23-14(11-15)6-8-22-13(4)27/h7,9,11-12H,5-6,8,10H2,1-4H3,(H2,21,28)(H,22,27)(H,23,24,26). The van der Waals surface area contributed by atoms with Gasteiger partial charge in [0.05, 0.1) is 11.4 Å². The Kier molecular flexibility index (Phi) is 7.43. The topological polar surface area (TPSA) is 123 Å². The van der Waals surface area contributed by atoms with Gasteiger partial charge in [0, 0.05) is 37.5 Å². The van der Waals surface area contributed by atoms with Gasteiger partial charge < -0.3 is 16.4 Å². The molecule has 8 nitrogen and oxygen atoms in total. The van der Waals surface area contributed by atoms with Gasteiger partial charge in [-0.1, -0.05) is 20.8 Å². The molecule has 0 atom stereocenters. The summed E-state index contributed by atoms with van der Waals surface area (Å²) in [6.07, 6.45) is 3.70. The second kappa shape index (κ2) is 9.77. The van der Waals surface area contributed by atoms with E-state index in [9.17, 15) is 9.59 Å². The smallest absolute Gasteiger partial charge is 0.271 e. The molecule has 0 unspecified atom stereocenters. The summed E-state index contributed by atoms with van der Waals surface area (Å²) in [7, 11) is 0. The summed E-state index contributed by atoms with van der Waals surface area (Å²) in [6, 6.07) is 3.63. The molecule has 28 heavy (non-hydrogen) atoms. The first-order valence-electron chi connectivity index (χ1n) is 9.46. The Morgan fingerprint density at radius 2 is 1.96 bits per heavy atom. The second-order valence-corrected chi connectivity index (χ2v) is 7.02. The first-order chi connectivity index (χ1) is 13.3. The van der Waals surface area contributed by atoms with Crippen molar-refractivity contribution in [1.82, 2.24) is 20.3 Å². The van der Waals surface area contributed by atoms with Crippen LogP contribution < -0.4 is 16.4 Å². The van der Waals surface area contributed by atoms with Crippen LogP contribution in [0.1, 0.15) is 55.3 Å². The molecule has 0 aliphatic heterocycles. The van der Waals surface area contributed by atoms with Crippen molar-refractivity contribution in [3.63, 3.8) is 0 Å². The summed E-state index contributed by atoms with van der Waals surface area (Å²) in [5.74, 6) is 0.0534. The second-order valence-electron chi connectivity index (χ2n) is 7.02. The van der Waals surface area contributed by atoms with Crippen LogP contribution in [0.2, 0.25) is 0 Å². The molecule has 2 aromatic rings. The van der Waals surface area contributed by atoms with E-state index in [1.54, 1.807) is 12.3 Å². The lowest BCUT2D eigenvalue weighted by molar-refractivity contribution is -0.118. The minimum Gasteiger partial charge on any atom is -0.364 e. The Balaban J connectivity index is 2.31. The van der Waals surface area contributed by atoms with Gasteiger partial charge in [-0.15, -0.1) is 0 Å². The monoisotopic (exact) mass is 384 g/mol. The first-order valence-corrected chi connectivity index (χ1v) is 9.46. The van der Waals surface area contributed by atoms with Gasteiger partial charge >= 0.3 is 0 Å². The van der Waals surface area contributed by atoms with E-state index in [1.165, 1.54) is 6.92 Å². The molecule has 0 spiro atoms. The number of aromatic nitrogens is 3. The Morgan fingerprint density at radius 3 is 2.57 bits per heavy atom. The highest BCUT2D eigenvalue weighted by Crippen LogP contribution is 2.21. The average Bonchev–Trinajstić information content (AvgIpc) is 2.61. The summed E-state index contributed by atoms with van der Waals surface area (Å²) in [5.41, 5.74) is 8.85. The third-order valence-electron chi connectivity index (χ3n) is 4.06. The molecule has 0 fully saturated rings. The predicted molar refractivity (Wildman–Crippen MR) is 108 cm³/mol. The summed E-state index contributed by atoms with van der Waals surface area (Å²) in [5, 5.41) is 5.90. The average molecular weight is 384 g/mol. The molecule has 0 aromatic carbocycles. The van der Waals surface area contributed by atoms with Gasteiger partial charge in [-0.2, -0.15) is 0 Å². The summed E-state index contributed by atoms with van der Waals surface area (Å²) in [6.45, 7) is 8.18. The van der Waals surface area contributed by atoms with Gasteiger partial charge in [-0.25, -0.2) is 9.97 Å². The first kappa shape index (κ1) is 21.3. The highest BCUT2D eigenvalue weighted by atomic mass is 16.1. The Hall–Kier alpha value is -3.03. The van der Waals surface area contributed by atoms with Crippen molar-refractivity contribution in [3.05, 3.63) is 41.1 Å². The van der Waals surface area contributed by atoms with Crippen molar-refractivity contribution in [2.75, 3.05) is 11.9 Å². The van der Waals surface area contributed by atoms with E-state index in [0.717, 1.165) is 29.2 Å². The van der Waals surface area contributed by atoms with E-state index in [1.807, 2.05) is 13.0 Å². The maximum absolute atomic E-state index is 11.9. The molecule has 150 valence electrons. The van der Waals surface area contributed by atoms with Crippen LogP contribution in [-0.2, 0) is 24.1 Å². The van der Waals surface area contributed by atoms with Crippen LogP contribution in [0, 0.1) is 5.92 Å². The lowest BCUT2D eigenvalue weighted by Crippen LogP contribution is -2.22. The zero-order valence-corrected chi connectivity index (χ0v) is 16.9. The number of nitrogens with zero attached hydrogens (tertiary/aromatic N) is 3. The minimum atomic E-state index is -0.624. The van der Waals surface area contributed by atoms with Crippen molar-refractivity contribution >= 4 is 23.3 Å². The zero-order chi connectivity index (χ0) is 20.7. The fraction of sp³-hybridized carbons (Fsp3) is 0.450. The number of pyridine rings is 1. The minimum absolute atomic E-state index is 0.0793. The molecule has 4 N–H and O–H groups in total. The summed E-state index contributed by atoms with van der Waals surface area (Å²) in [4.78, 5) is 36.3. The van der Waals surface area contributed by atoms with Gasteiger partial charge in [0.25, 0.3) is 5.91 Å². The van der Waals surface area contributed by atoms with E-state index >= 15 is 0 Å². The normalized spacial score (nSPS) is 10.8. The van der Waals surface area contributed by atoms with Gasteiger partial charge in [-0.3, -0.25) is 14.6 Å². The maximum atomic E-state index is 11.9. The lowest BCUT2D eigenvalue weighted by Gasteiger charge is -2.15. The Labute approximate surface area is 165 Å². The molecular formula is C20H28N6O2. The van der Waals surface area contributed by atoms with Crippen LogP contribution in [0.5, 0.6) is 0 Å². The predicted octanol–water partition coefficient (Wildman–Crippen LogP) is 2.15. The van der Waals surface area contributed by atoms with Crippen molar-refractivity contribution in [1.29, 1.82) is 0 Å². The highest BCUT2D eigenvalue weighted by Gasteiger charge is 2.18. The largest absolute Gasteiger partial charge is 0.364 e. The molecule has 2 rings (SSSR count). The van der Waals surface area contributed by atoms with Gasteiger partial charge in [0.15, 0.2) is 11.5 Å². The van der Waals surface area contributed by atoms with Crippen LogP contribution in [0.3, 0.4) is 0 Å². The molecule has 2 heterocycles. The third-order valence-corrected chi connectivity index (χ3v) is 4.06. The number of hydrogen-bond acceptors (Lipinski definition) is 6. The molecule has 0 aliphatic carbocycles. The van der Waals surface area contributed by atoms with Crippen molar-refractivity contribution in [2.24, 2.45) is 11.7 Å². The van der Waals surface area contributed by atoms with Crippen molar-refractivity contribution < 1.29 is 9.59 Å². The highest BCUT2D eigenvalue weighted by molar-refractivity contribution is 5.96. The Morgan fingerprint density at radius 1 is 1.21 bits per heavy atom. The molecule has 2 aromatic heterocycles. The molecule has 2 amide bonds. The van der Waals surface area contributed by atoms with Crippen LogP contribution >= 0.6 is 0 Å². The molecular weight excluding hydrogens is 356 g/mol. The third kappa shape index (κ3) is 6.00. The fourth-order valence-electron chi connectivity index (χ4n) is 2.79. The molecule has 0 saturated carbocycles. The van der Waals surface area contributed by atoms with E-state index < -0.39 is 5.91 Å². The summed E-state index contributed by atoms with van der Waals surface area (Å²) < 4.78 is 0.